The number of carboxylic acid groups (broad SMARTS) is 1. The summed E-state index contributed by atoms with van der Waals surface area (Å²) in [6, 6.07) is 12.8. The predicted octanol–water partition coefficient (Wildman–Crippen LogP) is 2.45. The molecule has 8 nitrogen and oxygen atoms in total. The molecule has 0 aliphatic heterocycles. The van der Waals surface area contributed by atoms with E-state index < -0.39 is 22.0 Å². The number of hydrogen-bond donors (Lipinski definition) is 0. The van der Waals surface area contributed by atoms with E-state index in [9.17, 15) is 18.3 Å². The molecule has 150 valence electrons. The molecule has 0 spiro atoms. The number of nitrogens with zero attached hydrogens (tertiary/aromatic N) is 4. The fraction of sp³-hybridized carbons (Fsp3) is 0.316. The van der Waals surface area contributed by atoms with Gasteiger partial charge in [0.1, 0.15) is 10.0 Å². The molecule has 2 aromatic carbocycles. The third kappa shape index (κ3) is 6.14. The van der Waals surface area contributed by atoms with Crippen molar-refractivity contribution in [2.24, 2.45) is 10.3 Å². The Morgan fingerprint density at radius 3 is 2.21 bits per heavy atom. The molecule has 28 heavy (non-hydrogen) atoms. The zero-order valence-corrected chi connectivity index (χ0v) is 16.5. The first-order valence-electron chi connectivity index (χ1n) is 8.84. The maximum atomic E-state index is 12.5. The number of carboxylic acids is 1. The molecule has 0 fully saturated rings. The van der Waals surface area contributed by atoms with Gasteiger partial charge in [0, 0.05) is 24.0 Å². The van der Waals surface area contributed by atoms with Crippen LogP contribution in [-0.2, 0) is 21.2 Å². The SMILES string of the molecule is CCN(CC)N=Nc1ccc(S(=O)(=O)[N-]C(Cc2ccccc2)C(=O)[O-])cc1. The normalized spacial score (nSPS) is 12.8. The molecule has 0 radical (unpaired) electrons. The maximum Gasteiger partial charge on any atom is 0.101 e. The Morgan fingerprint density at radius 2 is 1.68 bits per heavy atom. The summed E-state index contributed by atoms with van der Waals surface area (Å²) in [5, 5.41) is 21.2. The highest BCUT2D eigenvalue weighted by Crippen LogP contribution is 2.24. The van der Waals surface area contributed by atoms with Crippen LogP contribution in [0.1, 0.15) is 19.4 Å². The van der Waals surface area contributed by atoms with Gasteiger partial charge >= 0.3 is 0 Å². The fourth-order valence-corrected chi connectivity index (χ4v) is 3.48. The van der Waals surface area contributed by atoms with Crippen molar-refractivity contribution in [3.05, 3.63) is 64.9 Å². The monoisotopic (exact) mass is 402 g/mol. The van der Waals surface area contributed by atoms with Crippen LogP contribution >= 0.6 is 0 Å². The summed E-state index contributed by atoms with van der Waals surface area (Å²) >= 11 is 0. The lowest BCUT2D eigenvalue weighted by Crippen LogP contribution is -2.37. The Balaban J connectivity index is 2.13. The molecule has 2 aromatic rings. The topological polar surface area (TPSA) is 116 Å². The van der Waals surface area contributed by atoms with Crippen molar-refractivity contribution in [3.8, 4) is 0 Å². The first-order valence-corrected chi connectivity index (χ1v) is 10.3. The second-order valence-corrected chi connectivity index (χ2v) is 7.56. The second-order valence-electron chi connectivity index (χ2n) is 5.93. The van der Waals surface area contributed by atoms with E-state index in [1.54, 1.807) is 35.3 Å². The highest BCUT2D eigenvalue weighted by molar-refractivity contribution is 7.94. The van der Waals surface area contributed by atoms with E-state index in [0.29, 0.717) is 24.3 Å². The van der Waals surface area contributed by atoms with Crippen LogP contribution in [0, 0.1) is 0 Å². The predicted molar refractivity (Wildman–Crippen MR) is 103 cm³/mol. The van der Waals surface area contributed by atoms with Gasteiger partial charge in [0.15, 0.2) is 0 Å². The van der Waals surface area contributed by atoms with Gasteiger partial charge in [0.05, 0.1) is 5.69 Å². The number of carbonyl (C=O) groups is 1. The molecule has 2 rings (SSSR count). The molecule has 0 saturated heterocycles. The summed E-state index contributed by atoms with van der Waals surface area (Å²) < 4.78 is 28.5. The summed E-state index contributed by atoms with van der Waals surface area (Å²) in [7, 11) is -4.16. The molecule has 0 heterocycles. The van der Waals surface area contributed by atoms with Gasteiger partial charge in [-0.3, -0.25) is 5.01 Å². The highest BCUT2D eigenvalue weighted by atomic mass is 32.2. The summed E-state index contributed by atoms with van der Waals surface area (Å²) in [6.07, 6.45) is -0.0709. The number of benzene rings is 2. The largest absolute Gasteiger partial charge is 0.552 e. The summed E-state index contributed by atoms with van der Waals surface area (Å²) in [4.78, 5) is 11.3. The molecule has 1 atom stereocenters. The zero-order chi connectivity index (χ0) is 20.6. The Bertz CT molecular complexity index is 895. The average Bonchev–Trinajstić information content (AvgIpc) is 2.69. The molecule has 0 saturated carbocycles. The molecule has 0 aliphatic carbocycles. The maximum absolute atomic E-state index is 12.5. The van der Waals surface area contributed by atoms with Crippen molar-refractivity contribution in [2.45, 2.75) is 31.2 Å². The average molecular weight is 402 g/mol. The molecule has 0 aromatic heterocycles. The van der Waals surface area contributed by atoms with Crippen LogP contribution in [0.25, 0.3) is 4.72 Å². The van der Waals surface area contributed by atoms with Gasteiger partial charge in [-0.25, -0.2) is 8.42 Å². The van der Waals surface area contributed by atoms with Crippen molar-refractivity contribution < 1.29 is 18.3 Å². The molecule has 0 bridgehead atoms. The van der Waals surface area contributed by atoms with E-state index in [4.69, 9.17) is 0 Å². The summed E-state index contributed by atoms with van der Waals surface area (Å²) in [5.41, 5.74) is 1.13. The summed E-state index contributed by atoms with van der Waals surface area (Å²) in [6.45, 7) is 5.31. The van der Waals surface area contributed by atoms with Crippen molar-refractivity contribution in [2.75, 3.05) is 13.1 Å². The minimum Gasteiger partial charge on any atom is -0.552 e. The van der Waals surface area contributed by atoms with Crippen molar-refractivity contribution >= 4 is 21.7 Å². The highest BCUT2D eigenvalue weighted by Gasteiger charge is 2.11. The number of carbonyl (C=O) groups excluding carboxylic acids is 1. The molecular weight excluding hydrogens is 380 g/mol. The molecule has 1 unspecified atom stereocenters. The Labute approximate surface area is 164 Å². The van der Waals surface area contributed by atoms with Crippen LogP contribution in [0.5, 0.6) is 0 Å². The lowest BCUT2D eigenvalue weighted by atomic mass is 10.1. The van der Waals surface area contributed by atoms with E-state index >= 15 is 0 Å². The van der Waals surface area contributed by atoms with Gasteiger partial charge in [0.25, 0.3) is 0 Å². The number of hydrogen-bond acceptors (Lipinski definition) is 6. The van der Waals surface area contributed by atoms with Crippen LogP contribution < -0.4 is 5.11 Å². The first-order chi connectivity index (χ1) is 13.4. The lowest BCUT2D eigenvalue weighted by Gasteiger charge is -2.32. The van der Waals surface area contributed by atoms with E-state index in [-0.39, 0.29) is 11.3 Å². The smallest absolute Gasteiger partial charge is 0.101 e. The van der Waals surface area contributed by atoms with Gasteiger partial charge in [-0.15, -0.1) is 5.11 Å². The van der Waals surface area contributed by atoms with Crippen LogP contribution in [0.15, 0.2) is 69.8 Å². The fourth-order valence-electron chi connectivity index (χ4n) is 2.38. The van der Waals surface area contributed by atoms with Crippen molar-refractivity contribution in [3.63, 3.8) is 0 Å². The van der Waals surface area contributed by atoms with Gasteiger partial charge in [0.2, 0.25) is 0 Å². The summed E-state index contributed by atoms with van der Waals surface area (Å²) in [5.74, 6) is -1.54. The zero-order valence-electron chi connectivity index (χ0n) is 15.7. The third-order valence-electron chi connectivity index (χ3n) is 3.96. The van der Waals surface area contributed by atoms with E-state index in [1.165, 1.54) is 24.3 Å². The quantitative estimate of drug-likeness (QED) is 0.447. The lowest BCUT2D eigenvalue weighted by molar-refractivity contribution is -0.306. The Kier molecular flexibility index (Phi) is 7.65. The van der Waals surface area contributed by atoms with Crippen LogP contribution in [0.2, 0.25) is 0 Å². The van der Waals surface area contributed by atoms with E-state index in [2.05, 4.69) is 15.1 Å². The van der Waals surface area contributed by atoms with Gasteiger partial charge < -0.3 is 14.6 Å². The van der Waals surface area contributed by atoms with Gasteiger partial charge in [-0.2, -0.15) is 0 Å². The Hall–Kier alpha value is -2.78. The molecule has 0 amide bonds. The minimum atomic E-state index is -4.16. The second kappa shape index (κ2) is 9.95. The third-order valence-corrected chi connectivity index (χ3v) is 5.36. The van der Waals surface area contributed by atoms with Crippen LogP contribution in [0.3, 0.4) is 0 Å². The first kappa shape index (κ1) is 21.5. The van der Waals surface area contributed by atoms with Crippen molar-refractivity contribution in [1.82, 2.24) is 5.01 Å². The number of aliphatic carboxylic acids is 1. The standard InChI is InChI=1S/C19H23N4O4S/c1-3-23(4-2)22-20-16-10-12-17(13-11-16)28(26,27)21-18(19(24)25)14-15-8-6-5-7-9-15/h5-13,18H,3-4,14H2,1-2H3,(H,24,25)/q-1/p-1. The molecular formula is C19H22N4O4S-2. The van der Waals surface area contributed by atoms with Crippen LogP contribution in [0.4, 0.5) is 5.69 Å². The minimum absolute atomic E-state index is 0.0709. The van der Waals surface area contributed by atoms with Gasteiger partial charge in [-0.05, 0) is 50.1 Å². The van der Waals surface area contributed by atoms with E-state index in [0.717, 1.165) is 0 Å². The molecule has 9 heteroatoms. The number of rotatable bonds is 10. The molecule has 0 aliphatic rings. The molecule has 0 N–H and O–H groups in total. The number of sulfonamides is 1. The van der Waals surface area contributed by atoms with Crippen LogP contribution in [-0.4, -0.2) is 38.5 Å². The van der Waals surface area contributed by atoms with E-state index in [1.807, 2.05) is 13.8 Å². The Morgan fingerprint density at radius 1 is 1.07 bits per heavy atom. The van der Waals surface area contributed by atoms with Crippen molar-refractivity contribution in [1.29, 1.82) is 0 Å². The van der Waals surface area contributed by atoms with Gasteiger partial charge in [-0.1, -0.05) is 41.6 Å².